The molecule has 1 aromatic heterocycles. The highest BCUT2D eigenvalue weighted by Crippen LogP contribution is 2.12. The first-order valence-corrected chi connectivity index (χ1v) is 5.86. The third kappa shape index (κ3) is 3.61. The number of Topliss-reactive ketones (excluding diaryl/α,β-unsaturated/α-hetero) is 1. The first-order chi connectivity index (χ1) is 8.22. The van der Waals surface area contributed by atoms with E-state index in [-0.39, 0.29) is 5.78 Å². The molecule has 0 spiro atoms. The van der Waals surface area contributed by atoms with Crippen molar-refractivity contribution < 1.29 is 14.3 Å². The number of hydrogen-bond donors (Lipinski definition) is 1. The molecule has 1 amide bonds. The fourth-order valence-electron chi connectivity index (χ4n) is 1.38. The number of aromatic amines is 1. The van der Waals surface area contributed by atoms with Crippen molar-refractivity contribution in [3.63, 3.8) is 0 Å². The molecule has 0 aliphatic rings. The Morgan fingerprint density at radius 2 is 2.00 bits per heavy atom. The fraction of sp³-hybridized carbons (Fsp3) is 0.538. The van der Waals surface area contributed by atoms with Crippen LogP contribution in [0.2, 0.25) is 0 Å². The van der Waals surface area contributed by atoms with E-state index in [2.05, 4.69) is 4.98 Å². The van der Waals surface area contributed by atoms with Crippen LogP contribution < -0.4 is 0 Å². The van der Waals surface area contributed by atoms with E-state index in [4.69, 9.17) is 4.74 Å². The molecular formula is C13H20N2O3. The molecule has 1 N–H and O–H groups in total. The van der Waals surface area contributed by atoms with Crippen molar-refractivity contribution in [3.05, 3.63) is 24.0 Å². The van der Waals surface area contributed by atoms with Crippen molar-refractivity contribution in [2.24, 2.45) is 0 Å². The van der Waals surface area contributed by atoms with E-state index < -0.39 is 17.7 Å². The number of nitrogens with zero attached hydrogens (tertiary/aromatic N) is 1. The van der Waals surface area contributed by atoms with Crippen molar-refractivity contribution in [1.29, 1.82) is 0 Å². The van der Waals surface area contributed by atoms with Gasteiger partial charge in [0.2, 0.25) is 5.78 Å². The van der Waals surface area contributed by atoms with E-state index in [1.165, 1.54) is 4.90 Å². The summed E-state index contributed by atoms with van der Waals surface area (Å²) in [6.07, 6.45) is 1.17. The van der Waals surface area contributed by atoms with Gasteiger partial charge in [-0.15, -0.1) is 0 Å². The Morgan fingerprint density at radius 3 is 2.44 bits per heavy atom. The summed E-state index contributed by atoms with van der Waals surface area (Å²) in [4.78, 5) is 28.0. The molecule has 0 radical (unpaired) electrons. The highest BCUT2D eigenvalue weighted by Gasteiger charge is 2.27. The van der Waals surface area contributed by atoms with Crippen LogP contribution in [-0.4, -0.2) is 40.5 Å². The van der Waals surface area contributed by atoms with Crippen molar-refractivity contribution in [2.45, 2.75) is 39.3 Å². The number of hydrogen-bond acceptors (Lipinski definition) is 3. The number of H-pyrrole nitrogens is 1. The van der Waals surface area contributed by atoms with Gasteiger partial charge < -0.3 is 14.6 Å². The second kappa shape index (κ2) is 5.25. The molecule has 1 atom stereocenters. The molecule has 5 heteroatoms. The van der Waals surface area contributed by atoms with Crippen LogP contribution in [0.25, 0.3) is 0 Å². The SMILES string of the molecule is CC(C(=O)c1ccc[nH]1)N(C)C(=O)OC(C)(C)C. The van der Waals surface area contributed by atoms with Crippen molar-refractivity contribution >= 4 is 11.9 Å². The third-order valence-electron chi connectivity index (χ3n) is 2.51. The van der Waals surface area contributed by atoms with Gasteiger partial charge in [-0.3, -0.25) is 4.79 Å². The van der Waals surface area contributed by atoms with E-state index in [9.17, 15) is 9.59 Å². The molecule has 1 aromatic rings. The summed E-state index contributed by atoms with van der Waals surface area (Å²) >= 11 is 0. The second-order valence-electron chi connectivity index (χ2n) is 5.22. The first kappa shape index (κ1) is 14.3. The van der Waals surface area contributed by atoms with Crippen LogP contribution >= 0.6 is 0 Å². The second-order valence-corrected chi connectivity index (χ2v) is 5.22. The highest BCUT2D eigenvalue weighted by molar-refractivity contribution is 5.99. The zero-order valence-electron chi connectivity index (χ0n) is 11.5. The molecule has 0 bridgehead atoms. The summed E-state index contributed by atoms with van der Waals surface area (Å²) in [7, 11) is 1.56. The number of carbonyl (C=O) groups excluding carboxylic acids is 2. The van der Waals surface area contributed by atoms with E-state index in [1.807, 2.05) is 0 Å². The van der Waals surface area contributed by atoms with Crippen LogP contribution in [0.4, 0.5) is 4.79 Å². The Hall–Kier alpha value is -1.78. The summed E-state index contributed by atoms with van der Waals surface area (Å²) in [6.45, 7) is 7.04. The van der Waals surface area contributed by atoms with E-state index >= 15 is 0 Å². The van der Waals surface area contributed by atoms with Crippen LogP contribution in [-0.2, 0) is 4.74 Å². The quantitative estimate of drug-likeness (QED) is 0.840. The molecule has 0 aliphatic carbocycles. The Balaban J connectivity index is 2.69. The number of aromatic nitrogens is 1. The number of likely N-dealkylation sites (N-methyl/N-ethyl adjacent to an activating group) is 1. The largest absolute Gasteiger partial charge is 0.444 e. The monoisotopic (exact) mass is 252 g/mol. The Labute approximate surface area is 107 Å². The predicted octanol–water partition coefficient (Wildman–Crippen LogP) is 2.45. The standard InChI is InChI=1S/C13H20N2O3/c1-9(11(16)10-7-6-8-14-10)15(5)12(17)18-13(2,3)4/h6-9,14H,1-5H3. The fourth-order valence-corrected chi connectivity index (χ4v) is 1.38. The third-order valence-corrected chi connectivity index (χ3v) is 2.51. The number of carbonyl (C=O) groups is 2. The van der Waals surface area contributed by atoms with E-state index in [1.54, 1.807) is 53.1 Å². The number of nitrogens with one attached hydrogen (secondary N) is 1. The van der Waals surface area contributed by atoms with Gasteiger partial charge in [-0.05, 0) is 39.8 Å². The topological polar surface area (TPSA) is 62.4 Å². The predicted molar refractivity (Wildman–Crippen MR) is 68.6 cm³/mol. The molecule has 0 saturated carbocycles. The molecule has 0 aromatic carbocycles. The van der Waals surface area contributed by atoms with Gasteiger partial charge in [0.15, 0.2) is 0 Å². The van der Waals surface area contributed by atoms with Crippen molar-refractivity contribution in [1.82, 2.24) is 9.88 Å². The lowest BCUT2D eigenvalue weighted by Crippen LogP contribution is -2.43. The molecule has 18 heavy (non-hydrogen) atoms. The molecule has 0 saturated heterocycles. The lowest BCUT2D eigenvalue weighted by Gasteiger charge is -2.27. The van der Waals surface area contributed by atoms with Gasteiger partial charge in [0, 0.05) is 13.2 Å². The normalized spacial score (nSPS) is 12.9. The maximum Gasteiger partial charge on any atom is 0.410 e. The lowest BCUT2D eigenvalue weighted by molar-refractivity contribution is 0.0231. The molecule has 1 unspecified atom stereocenters. The van der Waals surface area contributed by atoms with Crippen molar-refractivity contribution in [2.75, 3.05) is 7.05 Å². The molecule has 1 rings (SSSR count). The van der Waals surface area contributed by atoms with Gasteiger partial charge in [-0.2, -0.15) is 0 Å². The summed E-state index contributed by atoms with van der Waals surface area (Å²) in [6, 6.07) is 2.85. The number of ketones is 1. The van der Waals surface area contributed by atoms with Crippen LogP contribution in [0.5, 0.6) is 0 Å². The lowest BCUT2D eigenvalue weighted by atomic mass is 10.1. The molecule has 0 fully saturated rings. The molecule has 0 aliphatic heterocycles. The Morgan fingerprint density at radius 1 is 1.39 bits per heavy atom. The summed E-state index contributed by atoms with van der Waals surface area (Å²) in [5.74, 6) is -0.145. The van der Waals surface area contributed by atoms with E-state index in [0.29, 0.717) is 5.69 Å². The minimum absolute atomic E-state index is 0.145. The van der Waals surface area contributed by atoms with Crippen LogP contribution in [0.3, 0.4) is 0 Å². The van der Waals surface area contributed by atoms with Gasteiger partial charge in [0.1, 0.15) is 5.60 Å². The van der Waals surface area contributed by atoms with Gasteiger partial charge in [-0.1, -0.05) is 0 Å². The van der Waals surface area contributed by atoms with Gasteiger partial charge in [-0.25, -0.2) is 4.79 Å². The Kier molecular flexibility index (Phi) is 4.16. The Bertz CT molecular complexity index is 418. The van der Waals surface area contributed by atoms with Gasteiger partial charge in [0.25, 0.3) is 0 Å². The van der Waals surface area contributed by atoms with Crippen LogP contribution in [0, 0.1) is 0 Å². The number of rotatable bonds is 3. The highest BCUT2D eigenvalue weighted by atomic mass is 16.6. The minimum Gasteiger partial charge on any atom is -0.444 e. The average molecular weight is 252 g/mol. The number of ether oxygens (including phenoxy) is 1. The zero-order chi connectivity index (χ0) is 13.9. The average Bonchev–Trinajstić information content (AvgIpc) is 2.77. The molecular weight excluding hydrogens is 232 g/mol. The zero-order valence-corrected chi connectivity index (χ0v) is 11.5. The first-order valence-electron chi connectivity index (χ1n) is 5.86. The molecule has 100 valence electrons. The maximum atomic E-state index is 12.0. The summed E-state index contributed by atoms with van der Waals surface area (Å²) in [5, 5.41) is 0. The summed E-state index contributed by atoms with van der Waals surface area (Å²) in [5.41, 5.74) is -0.0847. The van der Waals surface area contributed by atoms with Crippen LogP contribution in [0.15, 0.2) is 18.3 Å². The van der Waals surface area contributed by atoms with Gasteiger partial charge in [0.05, 0.1) is 11.7 Å². The maximum absolute atomic E-state index is 12.0. The molecule has 5 nitrogen and oxygen atoms in total. The minimum atomic E-state index is -0.571. The number of amides is 1. The smallest absolute Gasteiger partial charge is 0.410 e. The molecule has 1 heterocycles. The van der Waals surface area contributed by atoms with E-state index in [0.717, 1.165) is 0 Å². The van der Waals surface area contributed by atoms with Crippen LogP contribution in [0.1, 0.15) is 38.2 Å². The summed E-state index contributed by atoms with van der Waals surface area (Å²) < 4.78 is 5.21. The van der Waals surface area contributed by atoms with Gasteiger partial charge >= 0.3 is 6.09 Å². The van der Waals surface area contributed by atoms with Crippen molar-refractivity contribution in [3.8, 4) is 0 Å².